The molecule has 0 radical (unpaired) electrons. The van der Waals surface area contributed by atoms with Gasteiger partial charge in [0.05, 0.1) is 22.0 Å². The summed E-state index contributed by atoms with van der Waals surface area (Å²) in [4.78, 5) is 22.3. The van der Waals surface area contributed by atoms with Crippen molar-refractivity contribution in [3.63, 3.8) is 0 Å². The van der Waals surface area contributed by atoms with E-state index in [2.05, 4.69) is 5.10 Å². The molecule has 3 aromatic rings. The van der Waals surface area contributed by atoms with Crippen molar-refractivity contribution in [3.05, 3.63) is 112 Å². The van der Waals surface area contributed by atoms with E-state index in [4.69, 9.17) is 16.7 Å². The Morgan fingerprint density at radius 2 is 1.66 bits per heavy atom. The number of non-ortho nitro benzene ring substituents is 1. The third-order valence-corrected chi connectivity index (χ3v) is 7.03. The van der Waals surface area contributed by atoms with Crippen LogP contribution < -0.4 is 10.0 Å². The van der Waals surface area contributed by atoms with Crippen molar-refractivity contribution in [2.45, 2.75) is 11.9 Å². The standard InChI is InChI=1S/C25H18ClN5O3S/c1-17(32)24-28-30(21-8-5-9-22(16-21)31(33)34)25(35-24)15-14-23(18-10-12-19(26)13-11-18)27-29(25)20-6-3-2-4-7-20/h2-16H,1H3/t25-/m0/s1. The van der Waals surface area contributed by atoms with Crippen LogP contribution in [0.2, 0.25) is 5.02 Å². The van der Waals surface area contributed by atoms with Gasteiger partial charge in [-0.15, -0.1) is 0 Å². The first-order chi connectivity index (χ1) is 16.9. The van der Waals surface area contributed by atoms with Crippen LogP contribution in [0.4, 0.5) is 17.1 Å². The average molecular weight is 504 g/mol. The summed E-state index contributed by atoms with van der Waals surface area (Å²) in [5.74, 6) is -0.212. The van der Waals surface area contributed by atoms with Crippen LogP contribution in [0, 0.1) is 10.1 Å². The van der Waals surface area contributed by atoms with E-state index in [1.165, 1.54) is 30.8 Å². The number of carbonyl (C=O) groups is 1. The fourth-order valence-corrected chi connectivity index (χ4v) is 5.06. The number of para-hydroxylation sites is 1. The number of ketones is 1. The molecule has 8 nitrogen and oxygen atoms in total. The molecule has 1 spiro atoms. The number of halogens is 1. The Kier molecular flexibility index (Phi) is 5.88. The predicted molar refractivity (Wildman–Crippen MR) is 140 cm³/mol. The third kappa shape index (κ3) is 4.20. The maximum Gasteiger partial charge on any atom is 0.271 e. The minimum atomic E-state index is -1.10. The van der Waals surface area contributed by atoms with Crippen molar-refractivity contribution >= 4 is 57.0 Å². The van der Waals surface area contributed by atoms with Crippen LogP contribution in [0.1, 0.15) is 12.5 Å². The van der Waals surface area contributed by atoms with Gasteiger partial charge in [-0.2, -0.15) is 10.2 Å². The Bertz CT molecular complexity index is 1410. The van der Waals surface area contributed by atoms with Gasteiger partial charge in [0, 0.05) is 29.6 Å². The zero-order valence-corrected chi connectivity index (χ0v) is 20.0. The van der Waals surface area contributed by atoms with Gasteiger partial charge >= 0.3 is 0 Å². The molecule has 0 bridgehead atoms. The second kappa shape index (κ2) is 9.01. The van der Waals surface area contributed by atoms with Gasteiger partial charge in [0.2, 0.25) is 4.99 Å². The molecule has 10 heteroatoms. The molecule has 0 amide bonds. The average Bonchev–Trinajstić information content (AvgIpc) is 3.25. The van der Waals surface area contributed by atoms with Crippen LogP contribution in [0.25, 0.3) is 0 Å². The summed E-state index contributed by atoms with van der Waals surface area (Å²) in [5.41, 5.74) is 2.68. The number of hydrogen-bond acceptors (Lipinski definition) is 8. The summed E-state index contributed by atoms with van der Waals surface area (Å²) in [6.45, 7) is 1.44. The molecule has 174 valence electrons. The van der Waals surface area contributed by atoms with Crippen molar-refractivity contribution in [3.8, 4) is 0 Å². The van der Waals surface area contributed by atoms with E-state index >= 15 is 0 Å². The van der Waals surface area contributed by atoms with Gasteiger partial charge in [0.15, 0.2) is 10.8 Å². The van der Waals surface area contributed by atoms with Crippen LogP contribution in [0.15, 0.2) is 101 Å². The van der Waals surface area contributed by atoms with Crippen LogP contribution in [-0.2, 0) is 4.79 Å². The molecule has 0 saturated heterocycles. The number of hydrogen-bond donors (Lipinski definition) is 0. The van der Waals surface area contributed by atoms with E-state index < -0.39 is 9.92 Å². The van der Waals surface area contributed by atoms with Crippen LogP contribution in [0.3, 0.4) is 0 Å². The lowest BCUT2D eigenvalue weighted by molar-refractivity contribution is -0.384. The number of rotatable bonds is 5. The molecular weight excluding hydrogens is 486 g/mol. The summed E-state index contributed by atoms with van der Waals surface area (Å²) in [7, 11) is 0. The molecule has 1 atom stereocenters. The normalized spacial score (nSPS) is 19.0. The first-order valence-electron chi connectivity index (χ1n) is 10.6. The molecule has 3 aromatic carbocycles. The highest BCUT2D eigenvalue weighted by Crippen LogP contribution is 2.48. The van der Waals surface area contributed by atoms with Crippen molar-refractivity contribution < 1.29 is 9.72 Å². The van der Waals surface area contributed by atoms with E-state index in [9.17, 15) is 14.9 Å². The summed E-state index contributed by atoms with van der Waals surface area (Å²) in [6.07, 6.45) is 3.76. The number of carbonyl (C=O) groups excluding carboxylic acids is 1. The van der Waals surface area contributed by atoms with E-state index in [0.29, 0.717) is 16.4 Å². The molecule has 2 aliphatic heterocycles. The number of allylic oxidation sites excluding steroid dienone is 1. The lowest BCUT2D eigenvalue weighted by Crippen LogP contribution is -2.53. The van der Waals surface area contributed by atoms with Gasteiger partial charge in [-0.25, -0.2) is 10.0 Å². The Labute approximate surface area is 210 Å². The number of nitrogens with zero attached hydrogens (tertiary/aromatic N) is 5. The lowest BCUT2D eigenvalue weighted by atomic mass is 10.1. The topological polar surface area (TPSA) is 91.4 Å². The third-order valence-electron chi connectivity index (χ3n) is 5.44. The van der Waals surface area contributed by atoms with Gasteiger partial charge in [-0.1, -0.05) is 48.0 Å². The summed E-state index contributed by atoms with van der Waals surface area (Å²) >= 11 is 7.30. The molecule has 0 aliphatic carbocycles. The predicted octanol–water partition coefficient (Wildman–Crippen LogP) is 5.84. The number of Topliss-reactive ketones (excluding diaryl/α,β-unsaturated/α-hetero) is 1. The van der Waals surface area contributed by atoms with E-state index in [-0.39, 0.29) is 16.5 Å². The number of hydrazone groups is 2. The summed E-state index contributed by atoms with van der Waals surface area (Å²) in [6, 6.07) is 23.0. The number of anilines is 2. The van der Waals surface area contributed by atoms with Gasteiger partial charge in [0.25, 0.3) is 5.69 Å². The molecule has 0 aromatic heterocycles. The zero-order valence-electron chi connectivity index (χ0n) is 18.4. The number of nitro benzene ring substituents is 1. The Morgan fingerprint density at radius 3 is 2.34 bits per heavy atom. The van der Waals surface area contributed by atoms with E-state index in [1.54, 1.807) is 34.3 Å². The number of nitro groups is 1. The second-order valence-corrected chi connectivity index (χ2v) is 9.41. The second-order valence-electron chi connectivity index (χ2n) is 7.78. The minimum Gasteiger partial charge on any atom is -0.292 e. The van der Waals surface area contributed by atoms with Crippen molar-refractivity contribution in [1.29, 1.82) is 0 Å². The van der Waals surface area contributed by atoms with Gasteiger partial charge < -0.3 is 0 Å². The maximum atomic E-state index is 12.4. The van der Waals surface area contributed by atoms with E-state index in [0.717, 1.165) is 11.3 Å². The van der Waals surface area contributed by atoms with Crippen LogP contribution >= 0.6 is 23.4 Å². The first kappa shape index (κ1) is 22.8. The Hall–Kier alpha value is -3.95. The molecule has 2 aliphatic rings. The Balaban J connectivity index is 1.68. The Morgan fingerprint density at radius 1 is 0.971 bits per heavy atom. The summed E-state index contributed by atoms with van der Waals surface area (Å²) < 4.78 is 0. The van der Waals surface area contributed by atoms with Crippen LogP contribution in [0.5, 0.6) is 0 Å². The SMILES string of the molecule is CC(=O)C1=NN(c2cccc([N+](=O)[O-])c2)[C@@]2(C=CC(c3ccc(Cl)cc3)=NN2c2ccccc2)S1. The molecule has 0 N–H and O–H groups in total. The fraction of sp³-hybridized carbons (Fsp3) is 0.0800. The quantitative estimate of drug-likeness (QED) is 0.321. The van der Waals surface area contributed by atoms with Gasteiger partial charge in [0.1, 0.15) is 0 Å². The van der Waals surface area contributed by atoms with Crippen LogP contribution in [-0.4, -0.2) is 26.5 Å². The molecular formula is C25H18ClN5O3S. The van der Waals surface area contributed by atoms with E-state index in [1.807, 2.05) is 54.6 Å². The molecule has 35 heavy (non-hydrogen) atoms. The molecule has 0 fully saturated rings. The lowest BCUT2D eigenvalue weighted by Gasteiger charge is -2.43. The molecule has 0 saturated carbocycles. The molecule has 0 unspecified atom stereocenters. The zero-order chi connectivity index (χ0) is 24.6. The fourth-order valence-electron chi connectivity index (χ4n) is 3.79. The largest absolute Gasteiger partial charge is 0.292 e. The first-order valence-corrected chi connectivity index (χ1v) is 11.8. The van der Waals surface area contributed by atoms with Gasteiger partial charge in [-0.3, -0.25) is 14.9 Å². The van der Waals surface area contributed by atoms with Crippen molar-refractivity contribution in [2.75, 3.05) is 10.0 Å². The number of thioether (sulfide) groups is 1. The number of benzene rings is 3. The molecule has 5 rings (SSSR count). The smallest absolute Gasteiger partial charge is 0.271 e. The molecule has 2 heterocycles. The highest BCUT2D eigenvalue weighted by molar-refractivity contribution is 8.17. The highest BCUT2D eigenvalue weighted by atomic mass is 35.5. The minimum absolute atomic E-state index is 0.0782. The van der Waals surface area contributed by atoms with Crippen molar-refractivity contribution in [2.24, 2.45) is 10.2 Å². The highest BCUT2D eigenvalue weighted by Gasteiger charge is 2.51. The van der Waals surface area contributed by atoms with Gasteiger partial charge in [-0.05, 0) is 54.2 Å². The van der Waals surface area contributed by atoms with Crippen molar-refractivity contribution in [1.82, 2.24) is 0 Å². The monoisotopic (exact) mass is 503 g/mol. The summed E-state index contributed by atoms with van der Waals surface area (Å²) in [5, 5.41) is 25.3. The maximum absolute atomic E-state index is 12.4.